The molecule has 1 saturated carbocycles. The first-order valence-electron chi connectivity index (χ1n) is 8.08. The first kappa shape index (κ1) is 18.2. The molecule has 1 fully saturated rings. The molecule has 1 aliphatic rings. The first-order valence-corrected chi connectivity index (χ1v) is 11.9. The van der Waals surface area contributed by atoms with Crippen LogP contribution >= 0.6 is 11.6 Å². The lowest BCUT2D eigenvalue weighted by atomic mass is 9.94. The highest BCUT2D eigenvalue weighted by Gasteiger charge is 2.26. The van der Waals surface area contributed by atoms with Crippen molar-refractivity contribution in [1.82, 2.24) is 0 Å². The maximum Gasteiger partial charge on any atom is 0.183 e. The molecule has 0 aromatic heterocycles. The number of hydrogen-bond donors (Lipinski definition) is 0. The van der Waals surface area contributed by atoms with Gasteiger partial charge in [0.25, 0.3) is 0 Å². The van der Waals surface area contributed by atoms with Gasteiger partial charge >= 0.3 is 0 Å². The van der Waals surface area contributed by atoms with E-state index in [0.29, 0.717) is 6.04 Å². The lowest BCUT2D eigenvalue weighted by molar-refractivity contribution is 0.298. The van der Waals surface area contributed by atoms with Crippen LogP contribution in [0.15, 0.2) is 4.99 Å². The Hall–Kier alpha value is 0.137. The molecule has 4 heteroatoms. The van der Waals surface area contributed by atoms with Crippen LogP contribution < -0.4 is 0 Å². The second-order valence-corrected chi connectivity index (χ2v) is 12.6. The van der Waals surface area contributed by atoms with E-state index in [2.05, 4.69) is 33.5 Å². The third-order valence-corrected chi connectivity index (χ3v) is 5.56. The van der Waals surface area contributed by atoms with Crippen molar-refractivity contribution in [2.75, 3.05) is 6.61 Å². The molecule has 0 amide bonds. The van der Waals surface area contributed by atoms with Crippen LogP contribution in [0.2, 0.25) is 19.6 Å². The lowest BCUT2D eigenvalue weighted by Gasteiger charge is -2.26. The zero-order chi connectivity index (χ0) is 15.2. The third-order valence-electron chi connectivity index (χ3n) is 4.03. The molecular formula is C16H32ClNOSi. The Morgan fingerprint density at radius 1 is 1.25 bits per heavy atom. The SMILES string of the molecule is CC(=NC1CCCCC1)C(C)(Cl)CCCO[Si](C)(C)C. The summed E-state index contributed by atoms with van der Waals surface area (Å²) >= 11 is 6.68. The van der Waals surface area contributed by atoms with Gasteiger partial charge in [0.1, 0.15) is 0 Å². The van der Waals surface area contributed by atoms with Gasteiger partial charge in [-0.1, -0.05) is 19.3 Å². The summed E-state index contributed by atoms with van der Waals surface area (Å²) in [5.74, 6) is 0. The summed E-state index contributed by atoms with van der Waals surface area (Å²) in [5, 5.41) is 0. The van der Waals surface area contributed by atoms with Crippen molar-refractivity contribution in [1.29, 1.82) is 0 Å². The van der Waals surface area contributed by atoms with Crippen molar-refractivity contribution >= 4 is 25.6 Å². The van der Waals surface area contributed by atoms with Gasteiger partial charge < -0.3 is 4.43 Å². The van der Waals surface area contributed by atoms with Crippen LogP contribution in [0, 0.1) is 0 Å². The van der Waals surface area contributed by atoms with Crippen LogP contribution in [0.25, 0.3) is 0 Å². The number of aliphatic imine (C=N–C) groups is 1. The first-order chi connectivity index (χ1) is 9.21. The van der Waals surface area contributed by atoms with Gasteiger partial charge in [-0.15, -0.1) is 11.6 Å². The van der Waals surface area contributed by atoms with Crippen LogP contribution in [0.1, 0.15) is 58.8 Å². The quantitative estimate of drug-likeness (QED) is 0.266. The highest BCUT2D eigenvalue weighted by Crippen LogP contribution is 2.27. The molecule has 0 heterocycles. The standard InChI is InChI=1S/C16H32ClNOSi/c1-14(18-15-10-7-6-8-11-15)16(2,17)12-9-13-19-20(3,4)5/h15H,6-13H2,1-5H3. The number of hydrogen-bond acceptors (Lipinski definition) is 2. The van der Waals surface area contributed by atoms with E-state index in [9.17, 15) is 0 Å². The van der Waals surface area contributed by atoms with Crippen molar-refractivity contribution in [2.24, 2.45) is 4.99 Å². The van der Waals surface area contributed by atoms with E-state index in [1.54, 1.807) is 0 Å². The van der Waals surface area contributed by atoms with E-state index in [0.717, 1.165) is 25.2 Å². The molecule has 0 bridgehead atoms. The fraction of sp³-hybridized carbons (Fsp3) is 0.938. The number of nitrogens with zero attached hydrogens (tertiary/aromatic N) is 1. The highest BCUT2D eigenvalue weighted by molar-refractivity contribution is 6.69. The maximum atomic E-state index is 6.68. The van der Waals surface area contributed by atoms with E-state index in [1.165, 1.54) is 32.1 Å². The normalized spacial score (nSPS) is 21.8. The summed E-state index contributed by atoms with van der Waals surface area (Å²) in [6.07, 6.45) is 8.46. The van der Waals surface area contributed by atoms with E-state index in [4.69, 9.17) is 21.0 Å². The molecule has 0 aliphatic heterocycles. The second kappa shape index (κ2) is 7.95. The molecule has 0 saturated heterocycles. The molecule has 0 spiro atoms. The Kier molecular flexibility index (Phi) is 7.23. The number of rotatable bonds is 7. The Morgan fingerprint density at radius 2 is 1.85 bits per heavy atom. The predicted octanol–water partition coefficient (Wildman–Crippen LogP) is 5.41. The largest absolute Gasteiger partial charge is 0.418 e. The summed E-state index contributed by atoms with van der Waals surface area (Å²) < 4.78 is 5.89. The molecule has 1 rings (SSSR count). The van der Waals surface area contributed by atoms with Crippen LogP contribution in [0.5, 0.6) is 0 Å². The van der Waals surface area contributed by atoms with Crippen molar-refractivity contribution in [2.45, 2.75) is 89.4 Å². The van der Waals surface area contributed by atoms with Gasteiger partial charge in [-0.05, 0) is 59.2 Å². The Bertz CT molecular complexity index is 317. The van der Waals surface area contributed by atoms with Crippen LogP contribution in [-0.2, 0) is 4.43 Å². The van der Waals surface area contributed by atoms with Gasteiger partial charge in [0.05, 0.1) is 4.87 Å². The molecular weight excluding hydrogens is 286 g/mol. The Balaban J connectivity index is 2.39. The highest BCUT2D eigenvalue weighted by atomic mass is 35.5. The minimum absolute atomic E-state index is 0.305. The molecule has 0 aromatic rings. The molecule has 118 valence electrons. The van der Waals surface area contributed by atoms with Crippen LogP contribution in [0.4, 0.5) is 0 Å². The van der Waals surface area contributed by atoms with Gasteiger partial charge in [0.15, 0.2) is 8.32 Å². The lowest BCUT2D eigenvalue weighted by Crippen LogP contribution is -2.30. The fourth-order valence-corrected chi connectivity index (χ4v) is 3.52. The summed E-state index contributed by atoms with van der Waals surface area (Å²) in [6.45, 7) is 11.7. The van der Waals surface area contributed by atoms with E-state index in [1.807, 2.05) is 0 Å². The average molecular weight is 318 g/mol. The summed E-state index contributed by atoms with van der Waals surface area (Å²) in [5.41, 5.74) is 1.11. The van der Waals surface area contributed by atoms with Crippen LogP contribution in [-0.4, -0.2) is 31.6 Å². The molecule has 0 N–H and O–H groups in total. The summed E-state index contributed by atoms with van der Waals surface area (Å²) in [4.78, 5) is 4.58. The summed E-state index contributed by atoms with van der Waals surface area (Å²) in [6, 6.07) is 0.514. The second-order valence-electron chi connectivity index (χ2n) is 7.27. The van der Waals surface area contributed by atoms with Crippen molar-refractivity contribution in [3.8, 4) is 0 Å². The van der Waals surface area contributed by atoms with E-state index in [-0.39, 0.29) is 4.87 Å². The molecule has 2 nitrogen and oxygen atoms in total. The molecule has 0 radical (unpaired) electrons. The molecule has 1 aliphatic carbocycles. The number of halogens is 1. The van der Waals surface area contributed by atoms with Gasteiger partial charge in [-0.3, -0.25) is 4.99 Å². The maximum absolute atomic E-state index is 6.68. The molecule has 0 aromatic carbocycles. The zero-order valence-corrected chi connectivity index (χ0v) is 15.7. The predicted molar refractivity (Wildman–Crippen MR) is 92.8 cm³/mol. The Labute approximate surface area is 131 Å². The minimum Gasteiger partial charge on any atom is -0.418 e. The summed E-state index contributed by atoms with van der Waals surface area (Å²) in [7, 11) is -1.39. The smallest absolute Gasteiger partial charge is 0.183 e. The van der Waals surface area contributed by atoms with Crippen LogP contribution in [0.3, 0.4) is 0 Å². The average Bonchev–Trinajstić information content (AvgIpc) is 2.35. The number of alkyl halides is 1. The van der Waals surface area contributed by atoms with Gasteiger partial charge in [-0.2, -0.15) is 0 Å². The van der Waals surface area contributed by atoms with Gasteiger partial charge in [0.2, 0.25) is 0 Å². The van der Waals surface area contributed by atoms with E-state index < -0.39 is 8.32 Å². The van der Waals surface area contributed by atoms with Crippen molar-refractivity contribution < 1.29 is 4.43 Å². The molecule has 1 atom stereocenters. The Morgan fingerprint density at radius 3 is 2.40 bits per heavy atom. The monoisotopic (exact) mass is 317 g/mol. The van der Waals surface area contributed by atoms with Crippen molar-refractivity contribution in [3.63, 3.8) is 0 Å². The van der Waals surface area contributed by atoms with Gasteiger partial charge in [-0.25, -0.2) is 0 Å². The van der Waals surface area contributed by atoms with Gasteiger partial charge in [0, 0.05) is 18.4 Å². The van der Waals surface area contributed by atoms with E-state index >= 15 is 0 Å². The molecule has 1 unspecified atom stereocenters. The fourth-order valence-electron chi connectivity index (χ4n) is 2.58. The minimum atomic E-state index is -1.39. The van der Waals surface area contributed by atoms with Crippen molar-refractivity contribution in [3.05, 3.63) is 0 Å². The third kappa shape index (κ3) is 7.23. The molecule has 20 heavy (non-hydrogen) atoms. The topological polar surface area (TPSA) is 21.6 Å². The zero-order valence-electron chi connectivity index (χ0n) is 14.0.